The molecule has 0 bridgehead atoms. The topological polar surface area (TPSA) is 29.9 Å². The summed E-state index contributed by atoms with van der Waals surface area (Å²) in [5.41, 5.74) is 7.69. The highest BCUT2D eigenvalue weighted by Gasteiger charge is 2.19. The van der Waals surface area contributed by atoms with Gasteiger partial charge in [-0.3, -0.25) is 4.68 Å². The molecule has 3 nitrogen and oxygen atoms in total. The van der Waals surface area contributed by atoms with Gasteiger partial charge in [0.25, 0.3) is 0 Å². The first-order valence-electron chi connectivity index (χ1n) is 7.64. The van der Waals surface area contributed by atoms with Crippen molar-refractivity contribution in [2.75, 3.05) is 0 Å². The maximum atomic E-state index is 4.52. The lowest BCUT2D eigenvalue weighted by molar-refractivity contribution is 0.489. The Labute approximate surface area is 128 Å². The average molecular weight is 285 g/mol. The first-order chi connectivity index (χ1) is 9.81. The van der Waals surface area contributed by atoms with E-state index in [1.165, 1.54) is 27.9 Å². The summed E-state index contributed by atoms with van der Waals surface area (Å²) < 4.78 is 1.96. The molecular formula is C18H27N3. The van der Waals surface area contributed by atoms with Crippen LogP contribution in [-0.2, 0) is 7.05 Å². The van der Waals surface area contributed by atoms with Crippen LogP contribution in [0.25, 0.3) is 0 Å². The number of nitrogens with zero attached hydrogens (tertiary/aromatic N) is 2. The van der Waals surface area contributed by atoms with E-state index in [9.17, 15) is 0 Å². The van der Waals surface area contributed by atoms with E-state index in [1.807, 2.05) is 11.7 Å². The largest absolute Gasteiger partial charge is 0.304 e. The van der Waals surface area contributed by atoms with E-state index in [-0.39, 0.29) is 6.04 Å². The molecule has 1 aromatic carbocycles. The minimum atomic E-state index is 0.286. The highest BCUT2D eigenvalue weighted by atomic mass is 15.3. The lowest BCUT2D eigenvalue weighted by Gasteiger charge is -2.23. The molecule has 2 atom stereocenters. The van der Waals surface area contributed by atoms with Crippen LogP contribution in [0.1, 0.15) is 59.6 Å². The van der Waals surface area contributed by atoms with Gasteiger partial charge in [0.15, 0.2) is 0 Å². The quantitative estimate of drug-likeness (QED) is 0.918. The summed E-state index contributed by atoms with van der Waals surface area (Å²) in [6.45, 7) is 13.0. The first-order valence-corrected chi connectivity index (χ1v) is 7.64. The van der Waals surface area contributed by atoms with Crippen molar-refractivity contribution in [2.45, 2.75) is 53.6 Å². The molecule has 0 aliphatic carbocycles. The zero-order chi connectivity index (χ0) is 15.7. The van der Waals surface area contributed by atoms with Gasteiger partial charge in [0, 0.05) is 30.4 Å². The molecule has 1 aromatic heterocycles. The van der Waals surface area contributed by atoms with Crippen molar-refractivity contribution in [3.05, 3.63) is 51.8 Å². The molecule has 0 saturated heterocycles. The number of hydrogen-bond acceptors (Lipinski definition) is 2. The van der Waals surface area contributed by atoms with Crippen molar-refractivity contribution in [2.24, 2.45) is 7.05 Å². The number of rotatable bonds is 4. The molecule has 0 aliphatic rings. The summed E-state index contributed by atoms with van der Waals surface area (Å²) >= 11 is 0. The summed E-state index contributed by atoms with van der Waals surface area (Å²) in [7, 11) is 2.01. The minimum Gasteiger partial charge on any atom is -0.304 e. The third-order valence-corrected chi connectivity index (χ3v) is 4.40. The third kappa shape index (κ3) is 3.18. The van der Waals surface area contributed by atoms with Crippen molar-refractivity contribution in [3.63, 3.8) is 0 Å². The zero-order valence-corrected chi connectivity index (χ0v) is 14.3. The molecule has 2 aromatic rings. The van der Waals surface area contributed by atoms with Gasteiger partial charge in [-0.05, 0) is 52.7 Å². The van der Waals surface area contributed by atoms with Gasteiger partial charge in [0.1, 0.15) is 0 Å². The predicted molar refractivity (Wildman–Crippen MR) is 88.6 cm³/mol. The van der Waals surface area contributed by atoms with Gasteiger partial charge in [0.2, 0.25) is 0 Å². The maximum absolute atomic E-state index is 4.52. The van der Waals surface area contributed by atoms with Crippen LogP contribution in [0, 0.1) is 27.7 Å². The van der Waals surface area contributed by atoms with E-state index < -0.39 is 0 Å². The fourth-order valence-corrected chi connectivity index (χ4v) is 3.19. The summed E-state index contributed by atoms with van der Waals surface area (Å²) in [5, 5.41) is 8.24. The van der Waals surface area contributed by atoms with E-state index in [0.717, 1.165) is 5.69 Å². The Bertz CT molecular complexity index is 640. The van der Waals surface area contributed by atoms with Crippen molar-refractivity contribution in [1.82, 2.24) is 15.1 Å². The molecule has 1 N–H and O–H groups in total. The number of nitrogens with one attached hydrogen (secondary N) is 1. The zero-order valence-electron chi connectivity index (χ0n) is 14.3. The molecule has 2 rings (SSSR count). The molecular weight excluding hydrogens is 258 g/mol. The molecule has 0 saturated carbocycles. The van der Waals surface area contributed by atoms with Gasteiger partial charge in [0.05, 0.1) is 5.69 Å². The Kier molecular flexibility index (Phi) is 4.52. The van der Waals surface area contributed by atoms with Crippen molar-refractivity contribution < 1.29 is 0 Å². The fourth-order valence-electron chi connectivity index (χ4n) is 3.19. The van der Waals surface area contributed by atoms with Crippen molar-refractivity contribution in [1.29, 1.82) is 0 Å². The van der Waals surface area contributed by atoms with Crippen LogP contribution in [0.15, 0.2) is 18.2 Å². The Hall–Kier alpha value is -1.61. The summed E-state index contributed by atoms with van der Waals surface area (Å²) in [6.07, 6.45) is 0. The average Bonchev–Trinajstić information content (AvgIpc) is 2.66. The maximum Gasteiger partial charge on any atom is 0.0644 e. The summed E-state index contributed by atoms with van der Waals surface area (Å²) in [4.78, 5) is 0. The highest BCUT2D eigenvalue weighted by Crippen LogP contribution is 2.26. The lowest BCUT2D eigenvalue weighted by atomic mass is 9.98. The fraction of sp³-hybridized carbons (Fsp3) is 0.500. The lowest BCUT2D eigenvalue weighted by Crippen LogP contribution is -2.24. The smallest absolute Gasteiger partial charge is 0.0644 e. The molecule has 0 spiro atoms. The standard InChI is InChI=1S/C18H27N3/c1-11-8-9-12(2)17(10-11)13(3)19-14(4)18-15(5)20-21(7)16(18)6/h8-10,13-14,19H,1-7H3. The van der Waals surface area contributed by atoms with E-state index in [0.29, 0.717) is 6.04 Å². The van der Waals surface area contributed by atoms with Gasteiger partial charge in [-0.2, -0.15) is 5.10 Å². The summed E-state index contributed by atoms with van der Waals surface area (Å²) in [6, 6.07) is 7.26. The molecule has 0 radical (unpaired) electrons. The Morgan fingerprint density at radius 2 is 1.71 bits per heavy atom. The van der Waals surface area contributed by atoms with Crippen LogP contribution in [0.4, 0.5) is 0 Å². The number of aryl methyl sites for hydroxylation is 4. The minimum absolute atomic E-state index is 0.286. The van der Waals surface area contributed by atoms with Crippen LogP contribution in [-0.4, -0.2) is 9.78 Å². The van der Waals surface area contributed by atoms with Gasteiger partial charge < -0.3 is 5.32 Å². The van der Waals surface area contributed by atoms with E-state index in [2.05, 4.69) is 70.2 Å². The van der Waals surface area contributed by atoms with Crippen LogP contribution in [0.2, 0.25) is 0 Å². The van der Waals surface area contributed by atoms with Crippen LogP contribution in [0.3, 0.4) is 0 Å². The van der Waals surface area contributed by atoms with Gasteiger partial charge in [-0.1, -0.05) is 23.8 Å². The van der Waals surface area contributed by atoms with Crippen LogP contribution >= 0.6 is 0 Å². The Balaban J connectivity index is 2.22. The Morgan fingerprint density at radius 3 is 2.29 bits per heavy atom. The van der Waals surface area contributed by atoms with E-state index in [1.54, 1.807) is 0 Å². The predicted octanol–water partition coefficient (Wildman–Crippen LogP) is 4.07. The Morgan fingerprint density at radius 1 is 1.05 bits per heavy atom. The molecule has 0 amide bonds. The van der Waals surface area contributed by atoms with Crippen molar-refractivity contribution in [3.8, 4) is 0 Å². The van der Waals surface area contributed by atoms with Crippen LogP contribution in [0.5, 0.6) is 0 Å². The SMILES string of the molecule is Cc1ccc(C)c(C(C)NC(C)c2c(C)nn(C)c2C)c1. The van der Waals surface area contributed by atoms with Gasteiger partial charge in [-0.15, -0.1) is 0 Å². The third-order valence-electron chi connectivity index (χ3n) is 4.40. The monoisotopic (exact) mass is 285 g/mol. The highest BCUT2D eigenvalue weighted by molar-refractivity contribution is 5.33. The molecule has 1 heterocycles. The molecule has 0 aliphatic heterocycles. The molecule has 2 unspecified atom stereocenters. The second-order valence-corrected chi connectivity index (χ2v) is 6.18. The normalized spacial score (nSPS) is 14.2. The summed E-state index contributed by atoms with van der Waals surface area (Å²) in [5.74, 6) is 0. The van der Waals surface area contributed by atoms with Crippen LogP contribution < -0.4 is 5.32 Å². The first kappa shape index (κ1) is 15.8. The van der Waals surface area contributed by atoms with Gasteiger partial charge in [-0.25, -0.2) is 0 Å². The van der Waals surface area contributed by atoms with E-state index in [4.69, 9.17) is 0 Å². The van der Waals surface area contributed by atoms with E-state index >= 15 is 0 Å². The molecule has 3 heteroatoms. The molecule has 21 heavy (non-hydrogen) atoms. The van der Waals surface area contributed by atoms with Gasteiger partial charge >= 0.3 is 0 Å². The van der Waals surface area contributed by atoms with Crippen molar-refractivity contribution >= 4 is 0 Å². The second kappa shape index (κ2) is 6.02. The molecule has 0 fully saturated rings. The second-order valence-electron chi connectivity index (χ2n) is 6.18. The number of aromatic nitrogens is 2. The molecule has 114 valence electrons. The number of benzene rings is 1. The number of hydrogen-bond donors (Lipinski definition) is 1.